The highest BCUT2D eigenvalue weighted by molar-refractivity contribution is 6.09. The van der Waals surface area contributed by atoms with Crippen molar-refractivity contribution < 1.29 is 14.3 Å². The van der Waals surface area contributed by atoms with Crippen LogP contribution >= 0.6 is 0 Å². The Kier molecular flexibility index (Phi) is 6.52. The number of carbonyl (C=O) groups excluding carboxylic acids is 2. The smallest absolute Gasteiger partial charge is 0.339 e. The van der Waals surface area contributed by atoms with Crippen molar-refractivity contribution in [1.29, 1.82) is 5.26 Å². The van der Waals surface area contributed by atoms with Gasteiger partial charge in [-0.15, -0.1) is 0 Å². The van der Waals surface area contributed by atoms with Crippen LogP contribution in [0.25, 0.3) is 0 Å². The van der Waals surface area contributed by atoms with E-state index in [0.29, 0.717) is 6.54 Å². The van der Waals surface area contributed by atoms with E-state index in [1.165, 1.54) is 19.4 Å². The second-order valence-corrected chi connectivity index (χ2v) is 5.53. The first-order valence-electron chi connectivity index (χ1n) is 7.93. The lowest BCUT2D eigenvalue weighted by Crippen LogP contribution is -2.18. The summed E-state index contributed by atoms with van der Waals surface area (Å²) in [4.78, 5) is 24.0. The normalized spacial score (nSPS) is 10.6. The van der Waals surface area contributed by atoms with Crippen molar-refractivity contribution in [2.45, 2.75) is 13.5 Å². The maximum Gasteiger partial charge on any atom is 0.339 e. The molecule has 0 saturated heterocycles. The first-order chi connectivity index (χ1) is 12.5. The van der Waals surface area contributed by atoms with E-state index in [2.05, 4.69) is 15.4 Å². The van der Waals surface area contributed by atoms with Crippen molar-refractivity contribution in [3.63, 3.8) is 0 Å². The number of nitriles is 1. The summed E-state index contributed by atoms with van der Waals surface area (Å²) in [5.41, 5.74) is 2.58. The summed E-state index contributed by atoms with van der Waals surface area (Å²) >= 11 is 0. The van der Waals surface area contributed by atoms with Crippen LogP contribution in [-0.4, -0.2) is 19.0 Å². The molecule has 0 aliphatic heterocycles. The van der Waals surface area contributed by atoms with E-state index in [0.717, 1.165) is 11.1 Å². The van der Waals surface area contributed by atoms with Gasteiger partial charge in [0.05, 0.1) is 18.4 Å². The highest BCUT2D eigenvalue weighted by Crippen LogP contribution is 2.16. The van der Waals surface area contributed by atoms with Gasteiger partial charge in [-0.1, -0.05) is 42.0 Å². The number of ether oxygens (including phenoxy) is 1. The lowest BCUT2D eigenvalue weighted by atomic mass is 10.1. The van der Waals surface area contributed by atoms with Crippen molar-refractivity contribution in [1.82, 2.24) is 5.32 Å². The number of para-hydroxylation sites is 1. The van der Waals surface area contributed by atoms with E-state index >= 15 is 0 Å². The molecule has 0 spiro atoms. The second kappa shape index (κ2) is 9.04. The topological polar surface area (TPSA) is 91.2 Å². The highest BCUT2D eigenvalue weighted by Gasteiger charge is 2.15. The number of nitrogens with one attached hydrogen (secondary N) is 2. The van der Waals surface area contributed by atoms with Gasteiger partial charge in [0.15, 0.2) is 0 Å². The van der Waals surface area contributed by atoms with Crippen molar-refractivity contribution in [3.05, 3.63) is 77.0 Å². The number of rotatable bonds is 6. The molecular weight excluding hydrogens is 330 g/mol. The van der Waals surface area contributed by atoms with Gasteiger partial charge in [0.2, 0.25) is 0 Å². The third-order valence-corrected chi connectivity index (χ3v) is 3.62. The summed E-state index contributed by atoms with van der Waals surface area (Å²) in [7, 11) is 1.26. The van der Waals surface area contributed by atoms with Gasteiger partial charge in [-0.25, -0.2) is 4.79 Å². The van der Waals surface area contributed by atoms with Crippen LogP contribution in [-0.2, 0) is 16.1 Å². The van der Waals surface area contributed by atoms with Crippen LogP contribution in [0, 0.1) is 18.3 Å². The molecule has 1 amide bonds. The number of hydrogen-bond acceptors (Lipinski definition) is 5. The molecule has 2 aromatic carbocycles. The molecule has 26 heavy (non-hydrogen) atoms. The fraction of sp³-hybridized carbons (Fsp3) is 0.150. The Labute approximate surface area is 152 Å². The predicted octanol–water partition coefficient (Wildman–Crippen LogP) is 2.92. The van der Waals surface area contributed by atoms with E-state index in [4.69, 9.17) is 0 Å². The molecule has 2 aromatic rings. The van der Waals surface area contributed by atoms with Gasteiger partial charge in [-0.2, -0.15) is 5.26 Å². The van der Waals surface area contributed by atoms with Crippen LogP contribution in [0.3, 0.4) is 0 Å². The lowest BCUT2D eigenvalue weighted by molar-refractivity contribution is -0.112. The van der Waals surface area contributed by atoms with Crippen LogP contribution in [0.4, 0.5) is 5.69 Å². The quantitative estimate of drug-likeness (QED) is 0.475. The van der Waals surface area contributed by atoms with E-state index in [-0.39, 0.29) is 16.8 Å². The number of nitrogens with zero attached hydrogens (tertiary/aromatic N) is 1. The average molecular weight is 349 g/mol. The highest BCUT2D eigenvalue weighted by atomic mass is 16.5. The third kappa shape index (κ3) is 4.95. The third-order valence-electron chi connectivity index (χ3n) is 3.62. The largest absolute Gasteiger partial charge is 0.465 e. The molecule has 0 heterocycles. The Morgan fingerprint density at radius 1 is 1.15 bits per heavy atom. The van der Waals surface area contributed by atoms with E-state index in [1.807, 2.05) is 37.3 Å². The van der Waals surface area contributed by atoms with Gasteiger partial charge in [-0.05, 0) is 24.6 Å². The number of aryl methyl sites for hydroxylation is 1. The van der Waals surface area contributed by atoms with E-state index in [9.17, 15) is 14.9 Å². The van der Waals surface area contributed by atoms with Crippen LogP contribution in [0.5, 0.6) is 0 Å². The SMILES string of the molecule is COC(=O)c1ccccc1NC(=O)/C(C#N)=C\NCc1ccc(C)cc1. The van der Waals surface area contributed by atoms with Crippen molar-refractivity contribution >= 4 is 17.6 Å². The van der Waals surface area contributed by atoms with Gasteiger partial charge in [0, 0.05) is 12.7 Å². The molecule has 0 atom stereocenters. The number of hydrogen-bond donors (Lipinski definition) is 2. The predicted molar refractivity (Wildman–Crippen MR) is 98.1 cm³/mol. The molecule has 0 aliphatic carbocycles. The lowest BCUT2D eigenvalue weighted by Gasteiger charge is -2.09. The van der Waals surface area contributed by atoms with Crippen LogP contribution in [0.15, 0.2) is 60.3 Å². The maximum atomic E-state index is 12.3. The van der Waals surface area contributed by atoms with Gasteiger partial charge < -0.3 is 15.4 Å². The van der Waals surface area contributed by atoms with Gasteiger partial charge in [0.25, 0.3) is 5.91 Å². The summed E-state index contributed by atoms with van der Waals surface area (Å²) in [6.07, 6.45) is 1.36. The molecule has 2 rings (SSSR count). The number of methoxy groups -OCH3 is 1. The zero-order chi connectivity index (χ0) is 18.9. The Bertz CT molecular complexity index is 865. The molecular formula is C20H19N3O3. The number of benzene rings is 2. The summed E-state index contributed by atoms with van der Waals surface area (Å²) in [5.74, 6) is -1.18. The second-order valence-electron chi connectivity index (χ2n) is 5.53. The van der Waals surface area contributed by atoms with Crippen LogP contribution < -0.4 is 10.6 Å². The Morgan fingerprint density at radius 3 is 2.50 bits per heavy atom. The summed E-state index contributed by atoms with van der Waals surface area (Å²) in [5, 5.41) is 14.7. The molecule has 0 fully saturated rings. The average Bonchev–Trinajstić information content (AvgIpc) is 2.66. The zero-order valence-electron chi connectivity index (χ0n) is 14.6. The first-order valence-corrected chi connectivity index (χ1v) is 7.93. The molecule has 6 heteroatoms. The van der Waals surface area contributed by atoms with Crippen LogP contribution in [0.2, 0.25) is 0 Å². The first kappa shape index (κ1) is 18.7. The molecule has 2 N–H and O–H groups in total. The Balaban J connectivity index is 2.06. The fourth-order valence-electron chi connectivity index (χ4n) is 2.20. The molecule has 6 nitrogen and oxygen atoms in total. The zero-order valence-corrected chi connectivity index (χ0v) is 14.6. The number of anilines is 1. The van der Waals surface area contributed by atoms with Crippen molar-refractivity contribution in [2.24, 2.45) is 0 Å². The number of amides is 1. The monoisotopic (exact) mass is 349 g/mol. The van der Waals surface area contributed by atoms with Crippen LogP contribution in [0.1, 0.15) is 21.5 Å². The fourth-order valence-corrected chi connectivity index (χ4v) is 2.20. The van der Waals surface area contributed by atoms with Gasteiger partial charge in [0.1, 0.15) is 11.6 Å². The molecule has 0 radical (unpaired) electrons. The summed E-state index contributed by atoms with van der Waals surface area (Å²) in [6.45, 7) is 2.49. The minimum absolute atomic E-state index is 0.100. The summed E-state index contributed by atoms with van der Waals surface area (Å²) in [6, 6.07) is 16.2. The van der Waals surface area contributed by atoms with Crippen molar-refractivity contribution in [3.8, 4) is 6.07 Å². The maximum absolute atomic E-state index is 12.3. The molecule has 0 aliphatic rings. The van der Waals surface area contributed by atoms with Crippen molar-refractivity contribution in [2.75, 3.05) is 12.4 Å². The minimum Gasteiger partial charge on any atom is -0.465 e. The van der Waals surface area contributed by atoms with E-state index in [1.54, 1.807) is 18.2 Å². The van der Waals surface area contributed by atoms with Gasteiger partial charge in [-0.3, -0.25) is 4.79 Å². The summed E-state index contributed by atoms with van der Waals surface area (Å²) < 4.78 is 4.69. The van der Waals surface area contributed by atoms with E-state index < -0.39 is 11.9 Å². The molecule has 0 saturated carbocycles. The minimum atomic E-state index is -0.611. The number of carbonyl (C=O) groups is 2. The van der Waals surface area contributed by atoms with Gasteiger partial charge >= 0.3 is 5.97 Å². The molecule has 132 valence electrons. The molecule has 0 aromatic heterocycles. The number of esters is 1. The standard InChI is InChI=1S/C20H19N3O3/c1-14-7-9-15(10-8-14)12-22-13-16(11-21)19(24)23-18-6-4-3-5-17(18)20(25)26-2/h3-10,13,22H,12H2,1-2H3,(H,23,24)/b16-13-. The molecule has 0 bridgehead atoms. The Hall–Kier alpha value is -3.59. The molecule has 0 unspecified atom stereocenters. The Morgan fingerprint density at radius 2 is 1.85 bits per heavy atom.